The summed E-state index contributed by atoms with van der Waals surface area (Å²) in [6.45, 7) is -0.115. The van der Waals surface area contributed by atoms with Crippen LogP contribution < -0.4 is 10.3 Å². The van der Waals surface area contributed by atoms with Crippen LogP contribution in [0.15, 0.2) is 65.8 Å². The number of methoxy groups -OCH3 is 1. The molecule has 0 bridgehead atoms. The second-order valence-electron chi connectivity index (χ2n) is 6.10. The van der Waals surface area contributed by atoms with Crippen molar-refractivity contribution in [3.63, 3.8) is 0 Å². The second-order valence-corrected chi connectivity index (χ2v) is 6.54. The van der Waals surface area contributed by atoms with Crippen LogP contribution in [-0.4, -0.2) is 32.2 Å². The standard InChI is InChI=1S/C20H15ClN4O3/c1-28-16-7-5-13(6-8-16)18(26)11-24-12-22-19-17(20(24)27)10-23-25(19)15-4-2-3-14(21)9-15/h2-10,12H,11H2,1H3. The van der Waals surface area contributed by atoms with E-state index in [1.54, 1.807) is 49.6 Å². The van der Waals surface area contributed by atoms with Gasteiger partial charge >= 0.3 is 0 Å². The van der Waals surface area contributed by atoms with Gasteiger partial charge in [0.05, 0.1) is 25.5 Å². The van der Waals surface area contributed by atoms with Gasteiger partial charge in [-0.05, 0) is 42.5 Å². The van der Waals surface area contributed by atoms with Crippen molar-refractivity contribution < 1.29 is 9.53 Å². The maximum Gasteiger partial charge on any atom is 0.264 e. The minimum Gasteiger partial charge on any atom is -0.497 e. The lowest BCUT2D eigenvalue weighted by atomic mass is 10.1. The van der Waals surface area contributed by atoms with Gasteiger partial charge in [-0.25, -0.2) is 9.67 Å². The van der Waals surface area contributed by atoms with Crippen LogP contribution in [0.3, 0.4) is 0 Å². The molecule has 0 spiro atoms. The molecule has 28 heavy (non-hydrogen) atoms. The molecular formula is C20H15ClN4O3. The number of ketones is 1. The van der Waals surface area contributed by atoms with Gasteiger partial charge in [0.25, 0.3) is 5.56 Å². The van der Waals surface area contributed by atoms with Crippen LogP contribution in [0.5, 0.6) is 5.75 Å². The predicted octanol–water partition coefficient (Wildman–Crippen LogP) is 3.13. The number of hydrogen-bond acceptors (Lipinski definition) is 5. The third-order valence-corrected chi connectivity index (χ3v) is 4.57. The molecule has 2 aromatic carbocycles. The number of Topliss-reactive ketones (excluding diaryl/α,β-unsaturated/α-hetero) is 1. The van der Waals surface area contributed by atoms with Crippen molar-refractivity contribution in [1.82, 2.24) is 19.3 Å². The van der Waals surface area contributed by atoms with Crippen LogP contribution in [0.4, 0.5) is 0 Å². The number of hydrogen-bond donors (Lipinski definition) is 0. The number of carbonyl (C=O) groups is 1. The molecule has 7 nitrogen and oxygen atoms in total. The largest absolute Gasteiger partial charge is 0.497 e. The quantitative estimate of drug-likeness (QED) is 0.486. The molecule has 0 N–H and O–H groups in total. The molecule has 0 atom stereocenters. The summed E-state index contributed by atoms with van der Waals surface area (Å²) in [6.07, 6.45) is 2.80. The number of benzene rings is 2. The number of nitrogens with zero attached hydrogens (tertiary/aromatic N) is 4. The summed E-state index contributed by atoms with van der Waals surface area (Å²) in [5.74, 6) is 0.457. The van der Waals surface area contributed by atoms with Crippen molar-refractivity contribution >= 4 is 28.4 Å². The Hall–Kier alpha value is -3.45. The van der Waals surface area contributed by atoms with Gasteiger partial charge in [-0.1, -0.05) is 17.7 Å². The van der Waals surface area contributed by atoms with E-state index in [1.165, 1.54) is 21.8 Å². The van der Waals surface area contributed by atoms with Gasteiger partial charge in [0.1, 0.15) is 17.5 Å². The third kappa shape index (κ3) is 3.27. The van der Waals surface area contributed by atoms with E-state index in [0.29, 0.717) is 33.1 Å². The van der Waals surface area contributed by atoms with Crippen LogP contribution in [0, 0.1) is 0 Å². The number of carbonyl (C=O) groups excluding carboxylic acids is 1. The highest BCUT2D eigenvalue weighted by molar-refractivity contribution is 6.30. The first-order chi connectivity index (χ1) is 13.6. The molecule has 0 unspecified atom stereocenters. The lowest BCUT2D eigenvalue weighted by Crippen LogP contribution is -2.24. The molecule has 4 rings (SSSR count). The van der Waals surface area contributed by atoms with Gasteiger partial charge in [0, 0.05) is 10.6 Å². The van der Waals surface area contributed by atoms with Crippen LogP contribution in [0.2, 0.25) is 5.02 Å². The molecule has 4 aromatic rings. The van der Waals surface area contributed by atoms with E-state index in [9.17, 15) is 9.59 Å². The molecule has 2 aromatic heterocycles. The Kier molecular flexibility index (Phi) is 4.67. The minimum atomic E-state index is -0.333. The maximum atomic E-state index is 12.8. The summed E-state index contributed by atoms with van der Waals surface area (Å²) in [6, 6.07) is 13.8. The molecule has 0 saturated carbocycles. The minimum absolute atomic E-state index is 0.115. The number of ether oxygens (including phenoxy) is 1. The average molecular weight is 395 g/mol. The molecule has 0 aliphatic carbocycles. The van der Waals surface area contributed by atoms with Gasteiger partial charge in [-0.15, -0.1) is 0 Å². The zero-order valence-corrected chi connectivity index (χ0v) is 15.6. The zero-order valence-electron chi connectivity index (χ0n) is 14.9. The summed E-state index contributed by atoms with van der Waals surface area (Å²) in [4.78, 5) is 29.6. The number of rotatable bonds is 5. The number of aromatic nitrogens is 4. The van der Waals surface area contributed by atoms with Crippen LogP contribution in [0.25, 0.3) is 16.7 Å². The van der Waals surface area contributed by atoms with Crippen molar-refractivity contribution in [3.8, 4) is 11.4 Å². The summed E-state index contributed by atoms with van der Waals surface area (Å²) >= 11 is 6.03. The predicted molar refractivity (Wildman–Crippen MR) is 105 cm³/mol. The second kappa shape index (κ2) is 7.28. The summed E-state index contributed by atoms with van der Waals surface area (Å²) < 4.78 is 7.90. The molecule has 2 heterocycles. The normalized spacial score (nSPS) is 10.9. The number of halogens is 1. The summed E-state index contributed by atoms with van der Waals surface area (Å²) in [5.41, 5.74) is 1.25. The van der Waals surface area contributed by atoms with Crippen molar-refractivity contribution in [1.29, 1.82) is 0 Å². The van der Waals surface area contributed by atoms with Gasteiger partial charge in [-0.2, -0.15) is 5.10 Å². The highest BCUT2D eigenvalue weighted by Gasteiger charge is 2.14. The Balaban J connectivity index is 1.67. The van der Waals surface area contributed by atoms with Gasteiger partial charge in [-0.3, -0.25) is 14.2 Å². The molecule has 0 radical (unpaired) electrons. The summed E-state index contributed by atoms with van der Waals surface area (Å²) in [7, 11) is 1.56. The van der Waals surface area contributed by atoms with Gasteiger partial charge in [0.2, 0.25) is 0 Å². The first-order valence-electron chi connectivity index (χ1n) is 8.43. The van der Waals surface area contributed by atoms with Gasteiger partial charge in [0.15, 0.2) is 11.4 Å². The maximum absolute atomic E-state index is 12.8. The summed E-state index contributed by atoms with van der Waals surface area (Å²) in [5, 5.41) is 5.13. The van der Waals surface area contributed by atoms with Crippen LogP contribution in [0.1, 0.15) is 10.4 Å². The van der Waals surface area contributed by atoms with Crippen LogP contribution >= 0.6 is 11.6 Å². The first-order valence-corrected chi connectivity index (χ1v) is 8.81. The highest BCUT2D eigenvalue weighted by Crippen LogP contribution is 2.18. The smallest absolute Gasteiger partial charge is 0.264 e. The molecule has 140 valence electrons. The SMILES string of the molecule is COc1ccc(C(=O)Cn2cnc3c(cnn3-c3cccc(Cl)c3)c2=O)cc1. The Bertz CT molecular complexity index is 1230. The molecular weight excluding hydrogens is 380 g/mol. The van der Waals surface area contributed by atoms with E-state index >= 15 is 0 Å². The van der Waals surface area contributed by atoms with Crippen molar-refractivity contribution in [2.24, 2.45) is 0 Å². The molecule has 0 amide bonds. The van der Waals surface area contributed by atoms with Crippen molar-refractivity contribution in [2.45, 2.75) is 6.54 Å². The number of fused-ring (bicyclic) bond motifs is 1. The Morgan fingerprint density at radius 3 is 2.68 bits per heavy atom. The van der Waals surface area contributed by atoms with E-state index in [-0.39, 0.29) is 17.9 Å². The molecule has 0 aliphatic heterocycles. The molecule has 8 heteroatoms. The Labute approximate surface area is 164 Å². The highest BCUT2D eigenvalue weighted by atomic mass is 35.5. The van der Waals surface area contributed by atoms with Crippen LogP contribution in [-0.2, 0) is 6.54 Å². The van der Waals surface area contributed by atoms with Crippen molar-refractivity contribution in [2.75, 3.05) is 7.11 Å². The third-order valence-electron chi connectivity index (χ3n) is 4.33. The topological polar surface area (TPSA) is 79.0 Å². The lowest BCUT2D eigenvalue weighted by molar-refractivity contribution is 0.0970. The average Bonchev–Trinajstić information content (AvgIpc) is 3.15. The fourth-order valence-corrected chi connectivity index (χ4v) is 3.07. The fraction of sp³-hybridized carbons (Fsp3) is 0.100. The first kappa shape index (κ1) is 17.9. The monoisotopic (exact) mass is 394 g/mol. The van der Waals surface area contributed by atoms with E-state index in [4.69, 9.17) is 16.3 Å². The van der Waals surface area contributed by atoms with E-state index in [0.717, 1.165) is 0 Å². The molecule has 0 fully saturated rings. The molecule has 0 saturated heterocycles. The van der Waals surface area contributed by atoms with Crippen molar-refractivity contribution in [3.05, 3.63) is 82.0 Å². The van der Waals surface area contributed by atoms with E-state index < -0.39 is 0 Å². The Morgan fingerprint density at radius 2 is 1.96 bits per heavy atom. The zero-order chi connectivity index (χ0) is 19.7. The van der Waals surface area contributed by atoms with E-state index in [2.05, 4.69) is 10.1 Å². The fourth-order valence-electron chi connectivity index (χ4n) is 2.88. The van der Waals surface area contributed by atoms with E-state index in [1.807, 2.05) is 6.07 Å². The molecule has 0 aliphatic rings. The lowest BCUT2D eigenvalue weighted by Gasteiger charge is -2.07. The Morgan fingerprint density at radius 1 is 1.18 bits per heavy atom. The van der Waals surface area contributed by atoms with Gasteiger partial charge < -0.3 is 4.74 Å².